The number of hydrogen-bond acceptors (Lipinski definition) is 4. The van der Waals surface area contributed by atoms with Gasteiger partial charge in [0.2, 0.25) is 0 Å². The van der Waals surface area contributed by atoms with E-state index in [1.807, 2.05) is 25.2 Å². The summed E-state index contributed by atoms with van der Waals surface area (Å²) in [7, 11) is -1.75. The Bertz CT molecular complexity index is 540. The van der Waals surface area contributed by atoms with Gasteiger partial charge in [0.05, 0.1) is 0 Å². The van der Waals surface area contributed by atoms with Crippen LogP contribution in [0.5, 0.6) is 0 Å². The number of nitrogens with zero attached hydrogens (tertiary/aromatic N) is 2. The van der Waals surface area contributed by atoms with Crippen molar-refractivity contribution in [3.8, 4) is 0 Å². The molecule has 1 N–H and O–H groups in total. The minimum atomic E-state index is -3.35. The molecule has 0 bridgehead atoms. The number of rotatable bonds is 6. The Morgan fingerprint density at radius 2 is 2.25 bits per heavy atom. The fourth-order valence-electron chi connectivity index (χ4n) is 2.21. The molecule has 0 unspecified atom stereocenters. The summed E-state index contributed by atoms with van der Waals surface area (Å²) < 4.78 is 28.0. The van der Waals surface area contributed by atoms with Crippen molar-refractivity contribution in [3.05, 3.63) is 21.9 Å². The van der Waals surface area contributed by atoms with Gasteiger partial charge in [-0.15, -0.1) is 11.3 Å². The van der Waals surface area contributed by atoms with Gasteiger partial charge >= 0.3 is 0 Å². The summed E-state index contributed by atoms with van der Waals surface area (Å²) in [5.41, 5.74) is 1.39. The standard InChI is InChI=1S/C13H23N3O2S2/c1-11(2)15(3)20(17,18)14-6-8-16-7-4-13-12(10-16)5-9-19-13/h5,9,11,14H,4,6-8,10H2,1-3H3. The first-order valence-electron chi connectivity index (χ1n) is 6.90. The normalized spacial score (nSPS) is 16.9. The van der Waals surface area contributed by atoms with Gasteiger partial charge in [-0.2, -0.15) is 12.7 Å². The van der Waals surface area contributed by atoms with Gasteiger partial charge in [-0.1, -0.05) is 0 Å². The Balaban J connectivity index is 1.80. The highest BCUT2D eigenvalue weighted by Crippen LogP contribution is 2.23. The average Bonchev–Trinajstić information content (AvgIpc) is 2.84. The predicted octanol–water partition coefficient (Wildman–Crippen LogP) is 1.28. The van der Waals surface area contributed by atoms with Gasteiger partial charge in [-0.3, -0.25) is 4.90 Å². The van der Waals surface area contributed by atoms with Gasteiger partial charge in [-0.05, 0) is 37.3 Å². The lowest BCUT2D eigenvalue weighted by atomic mass is 10.1. The molecule has 0 aromatic carbocycles. The van der Waals surface area contributed by atoms with E-state index in [1.54, 1.807) is 7.05 Å². The molecule has 1 aromatic heterocycles. The van der Waals surface area contributed by atoms with Crippen molar-refractivity contribution >= 4 is 21.5 Å². The van der Waals surface area contributed by atoms with Gasteiger partial charge in [-0.25, -0.2) is 4.72 Å². The zero-order valence-corrected chi connectivity index (χ0v) is 13.9. The van der Waals surface area contributed by atoms with Crippen LogP contribution < -0.4 is 4.72 Å². The molecule has 0 spiro atoms. The smallest absolute Gasteiger partial charge is 0.279 e. The Morgan fingerprint density at radius 1 is 1.50 bits per heavy atom. The third-order valence-electron chi connectivity index (χ3n) is 3.71. The van der Waals surface area contributed by atoms with Gasteiger partial charge in [0.25, 0.3) is 10.2 Å². The highest BCUT2D eigenvalue weighted by Gasteiger charge is 2.21. The van der Waals surface area contributed by atoms with Gasteiger partial charge in [0, 0.05) is 44.1 Å². The lowest BCUT2D eigenvalue weighted by molar-refractivity contribution is 0.259. The Hall–Kier alpha value is -0.470. The Morgan fingerprint density at radius 3 is 2.95 bits per heavy atom. The van der Waals surface area contributed by atoms with Crippen molar-refractivity contribution in [2.24, 2.45) is 0 Å². The van der Waals surface area contributed by atoms with Crippen molar-refractivity contribution in [2.45, 2.75) is 32.9 Å². The van der Waals surface area contributed by atoms with Crippen LogP contribution in [0.4, 0.5) is 0 Å². The molecular formula is C13H23N3O2S2. The van der Waals surface area contributed by atoms with Crippen LogP contribution in [0.1, 0.15) is 24.3 Å². The number of thiophene rings is 1. The van der Waals surface area contributed by atoms with E-state index in [4.69, 9.17) is 0 Å². The maximum Gasteiger partial charge on any atom is 0.279 e. The number of hydrogen-bond donors (Lipinski definition) is 1. The van der Waals surface area contributed by atoms with Crippen LogP contribution >= 0.6 is 11.3 Å². The summed E-state index contributed by atoms with van der Waals surface area (Å²) in [6.45, 7) is 6.87. The summed E-state index contributed by atoms with van der Waals surface area (Å²) >= 11 is 1.82. The molecular weight excluding hydrogens is 294 g/mol. The predicted molar refractivity (Wildman–Crippen MR) is 83.1 cm³/mol. The maximum absolute atomic E-state index is 12.0. The Kier molecular flexibility index (Phi) is 5.19. The van der Waals surface area contributed by atoms with Crippen molar-refractivity contribution in [1.29, 1.82) is 0 Å². The van der Waals surface area contributed by atoms with E-state index in [-0.39, 0.29) is 6.04 Å². The van der Waals surface area contributed by atoms with Crippen molar-refractivity contribution < 1.29 is 8.42 Å². The number of fused-ring (bicyclic) bond motifs is 1. The first-order chi connectivity index (χ1) is 9.40. The molecule has 0 amide bonds. The molecule has 20 heavy (non-hydrogen) atoms. The fraction of sp³-hybridized carbons (Fsp3) is 0.692. The van der Waals surface area contributed by atoms with E-state index in [2.05, 4.69) is 21.1 Å². The molecule has 114 valence electrons. The molecule has 1 aliphatic rings. The third kappa shape index (κ3) is 3.79. The summed E-state index contributed by atoms with van der Waals surface area (Å²) in [6, 6.07) is 2.14. The summed E-state index contributed by atoms with van der Waals surface area (Å²) in [4.78, 5) is 3.77. The Labute approximate surface area is 125 Å². The van der Waals surface area contributed by atoms with Crippen LogP contribution in [0.25, 0.3) is 0 Å². The van der Waals surface area contributed by atoms with Crippen molar-refractivity contribution in [2.75, 3.05) is 26.7 Å². The van der Waals surface area contributed by atoms with Crippen LogP contribution in [-0.4, -0.2) is 50.3 Å². The lowest BCUT2D eigenvalue weighted by Gasteiger charge is -2.27. The minimum absolute atomic E-state index is 0.0316. The van der Waals surface area contributed by atoms with Gasteiger partial charge in [0.15, 0.2) is 0 Å². The molecule has 2 heterocycles. The molecule has 2 rings (SSSR count). The summed E-state index contributed by atoms with van der Waals surface area (Å²) in [5, 5.41) is 2.13. The highest BCUT2D eigenvalue weighted by molar-refractivity contribution is 7.87. The molecule has 5 nitrogen and oxygen atoms in total. The maximum atomic E-state index is 12.0. The fourth-order valence-corrected chi connectivity index (χ4v) is 4.21. The van der Waals surface area contributed by atoms with E-state index in [0.717, 1.165) is 26.1 Å². The first-order valence-corrected chi connectivity index (χ1v) is 9.22. The molecule has 1 aromatic rings. The van der Waals surface area contributed by atoms with E-state index < -0.39 is 10.2 Å². The SMILES string of the molecule is CC(C)N(C)S(=O)(=O)NCCN1CCc2sccc2C1. The summed E-state index contributed by atoms with van der Waals surface area (Å²) in [5.74, 6) is 0. The van der Waals surface area contributed by atoms with E-state index >= 15 is 0 Å². The zero-order valence-electron chi connectivity index (χ0n) is 12.3. The van der Waals surface area contributed by atoms with Gasteiger partial charge in [0.1, 0.15) is 0 Å². The molecule has 0 saturated heterocycles. The molecule has 0 radical (unpaired) electrons. The summed E-state index contributed by atoms with van der Waals surface area (Å²) in [6.07, 6.45) is 1.08. The van der Waals surface area contributed by atoms with Crippen LogP contribution in [-0.2, 0) is 23.2 Å². The van der Waals surface area contributed by atoms with Crippen molar-refractivity contribution in [3.63, 3.8) is 0 Å². The lowest BCUT2D eigenvalue weighted by Crippen LogP contribution is -2.45. The third-order valence-corrected chi connectivity index (χ3v) is 6.48. The van der Waals surface area contributed by atoms with E-state index in [9.17, 15) is 8.42 Å². The second-order valence-electron chi connectivity index (χ2n) is 5.40. The largest absolute Gasteiger partial charge is 0.297 e. The first kappa shape index (κ1) is 15.9. The van der Waals surface area contributed by atoms with Crippen molar-refractivity contribution in [1.82, 2.24) is 13.9 Å². The molecule has 0 fully saturated rings. The van der Waals surface area contributed by atoms with Crippen LogP contribution in [0.2, 0.25) is 0 Å². The molecule has 0 atom stereocenters. The monoisotopic (exact) mass is 317 g/mol. The molecule has 1 aliphatic heterocycles. The molecule has 0 saturated carbocycles. The highest BCUT2D eigenvalue weighted by atomic mass is 32.2. The molecule has 7 heteroatoms. The second-order valence-corrected chi connectivity index (χ2v) is 8.22. The average molecular weight is 317 g/mol. The zero-order chi connectivity index (χ0) is 14.8. The van der Waals surface area contributed by atoms with Crippen LogP contribution in [0.3, 0.4) is 0 Å². The van der Waals surface area contributed by atoms with Crippen LogP contribution in [0, 0.1) is 0 Å². The molecule has 0 aliphatic carbocycles. The van der Waals surface area contributed by atoms with Gasteiger partial charge < -0.3 is 0 Å². The van der Waals surface area contributed by atoms with E-state index in [0.29, 0.717) is 6.54 Å². The van der Waals surface area contributed by atoms with E-state index in [1.165, 1.54) is 14.7 Å². The number of nitrogens with one attached hydrogen (secondary N) is 1. The topological polar surface area (TPSA) is 52.7 Å². The quantitative estimate of drug-likeness (QED) is 0.860. The van der Waals surface area contributed by atoms with Crippen LogP contribution in [0.15, 0.2) is 11.4 Å². The minimum Gasteiger partial charge on any atom is -0.297 e. The second kappa shape index (κ2) is 6.53.